The quantitative estimate of drug-likeness (QED) is 0.849. The summed E-state index contributed by atoms with van der Waals surface area (Å²) in [5, 5.41) is 3.94. The van der Waals surface area contributed by atoms with E-state index in [9.17, 15) is 13.2 Å². The molecule has 1 rings (SSSR count). The normalized spacial score (nSPS) is 14.1. The molecule has 0 aliphatic rings. The van der Waals surface area contributed by atoms with Gasteiger partial charge in [0.2, 0.25) is 0 Å². The molecule has 0 saturated heterocycles. The molecule has 1 heterocycles. The summed E-state index contributed by atoms with van der Waals surface area (Å²) in [5.41, 5.74) is 5.58. The molecule has 0 aliphatic heterocycles. The molecule has 0 bridgehead atoms. The number of aromatic nitrogens is 2. The molecular weight excluding hydrogens is 207 g/mol. The van der Waals surface area contributed by atoms with Crippen LogP contribution in [0.3, 0.4) is 0 Å². The second-order valence-electron chi connectivity index (χ2n) is 3.56. The first-order valence-corrected chi connectivity index (χ1v) is 4.76. The summed E-state index contributed by atoms with van der Waals surface area (Å²) in [6.45, 7) is 1.81. The second-order valence-corrected chi connectivity index (χ2v) is 3.56. The van der Waals surface area contributed by atoms with Crippen molar-refractivity contribution in [3.8, 4) is 0 Å². The summed E-state index contributed by atoms with van der Waals surface area (Å²) >= 11 is 0. The van der Waals surface area contributed by atoms with Gasteiger partial charge in [0.1, 0.15) is 5.82 Å². The number of nitrogens with two attached hydrogens (primary N) is 1. The van der Waals surface area contributed by atoms with Crippen molar-refractivity contribution < 1.29 is 13.2 Å². The lowest BCUT2D eigenvalue weighted by molar-refractivity contribution is -0.135. The lowest BCUT2D eigenvalue weighted by atomic mass is 10.1. The van der Waals surface area contributed by atoms with Gasteiger partial charge in [0, 0.05) is 6.42 Å². The molecule has 86 valence electrons. The maximum Gasteiger partial charge on any atom is 0.389 e. The number of hydrogen-bond acceptors (Lipinski definition) is 2. The molecule has 1 unspecified atom stereocenters. The fourth-order valence-electron chi connectivity index (χ4n) is 1.41. The van der Waals surface area contributed by atoms with Crippen molar-refractivity contribution >= 4 is 5.82 Å². The topological polar surface area (TPSA) is 43.8 Å². The predicted octanol–water partition coefficient (Wildman–Crippen LogP) is 2.76. The Labute approximate surface area is 86.1 Å². The summed E-state index contributed by atoms with van der Waals surface area (Å²) < 4.78 is 37.2. The van der Waals surface area contributed by atoms with Gasteiger partial charge in [-0.1, -0.05) is 0 Å². The minimum atomic E-state index is -4.07. The van der Waals surface area contributed by atoms with E-state index in [4.69, 9.17) is 5.73 Å². The van der Waals surface area contributed by atoms with Crippen LogP contribution in [0.15, 0.2) is 12.3 Å². The fraction of sp³-hybridized carbons (Fsp3) is 0.667. The van der Waals surface area contributed by atoms with Gasteiger partial charge in [-0.3, -0.25) is 0 Å². The van der Waals surface area contributed by atoms with Crippen LogP contribution in [0.25, 0.3) is 0 Å². The largest absolute Gasteiger partial charge is 0.389 e. The van der Waals surface area contributed by atoms with E-state index in [1.807, 2.05) is 0 Å². The summed E-state index contributed by atoms with van der Waals surface area (Å²) in [6.07, 6.45) is -2.77. The van der Waals surface area contributed by atoms with Gasteiger partial charge in [0.15, 0.2) is 0 Å². The van der Waals surface area contributed by atoms with Crippen LogP contribution in [-0.4, -0.2) is 16.0 Å². The SMILES string of the molecule is CC(CCCC(F)(F)F)n1nccc1N. The zero-order valence-corrected chi connectivity index (χ0v) is 8.46. The maximum atomic E-state index is 11.9. The number of rotatable bonds is 4. The van der Waals surface area contributed by atoms with Gasteiger partial charge in [-0.25, -0.2) is 4.68 Å². The molecule has 3 nitrogen and oxygen atoms in total. The van der Waals surface area contributed by atoms with Crippen molar-refractivity contribution in [1.29, 1.82) is 0 Å². The Morgan fingerprint density at radius 1 is 1.53 bits per heavy atom. The molecule has 0 saturated carbocycles. The Morgan fingerprint density at radius 3 is 2.67 bits per heavy atom. The first kappa shape index (κ1) is 11.9. The first-order chi connectivity index (χ1) is 6.90. The standard InChI is InChI=1S/C9H14F3N3/c1-7(3-2-5-9(10,11)12)15-8(13)4-6-14-15/h4,6-7H,2-3,5,13H2,1H3. The van der Waals surface area contributed by atoms with Gasteiger partial charge >= 0.3 is 6.18 Å². The van der Waals surface area contributed by atoms with Crippen LogP contribution >= 0.6 is 0 Å². The van der Waals surface area contributed by atoms with Crippen LogP contribution in [0.2, 0.25) is 0 Å². The van der Waals surface area contributed by atoms with Crippen molar-refractivity contribution in [1.82, 2.24) is 9.78 Å². The van der Waals surface area contributed by atoms with E-state index < -0.39 is 12.6 Å². The smallest absolute Gasteiger partial charge is 0.384 e. The van der Waals surface area contributed by atoms with Gasteiger partial charge in [-0.05, 0) is 25.8 Å². The van der Waals surface area contributed by atoms with Crippen LogP contribution in [0.5, 0.6) is 0 Å². The van der Waals surface area contributed by atoms with Gasteiger partial charge in [-0.2, -0.15) is 18.3 Å². The summed E-state index contributed by atoms with van der Waals surface area (Å²) in [7, 11) is 0. The van der Waals surface area contributed by atoms with Crippen LogP contribution in [-0.2, 0) is 0 Å². The molecular formula is C9H14F3N3. The van der Waals surface area contributed by atoms with Gasteiger partial charge in [-0.15, -0.1) is 0 Å². The molecule has 1 aromatic heterocycles. The monoisotopic (exact) mass is 221 g/mol. The van der Waals surface area contributed by atoms with E-state index in [1.165, 1.54) is 10.9 Å². The molecule has 0 fully saturated rings. The van der Waals surface area contributed by atoms with Gasteiger partial charge in [0.25, 0.3) is 0 Å². The minimum Gasteiger partial charge on any atom is -0.384 e. The van der Waals surface area contributed by atoms with Crippen LogP contribution in [0, 0.1) is 0 Å². The van der Waals surface area contributed by atoms with Gasteiger partial charge < -0.3 is 5.73 Å². The molecule has 1 aromatic rings. The van der Waals surface area contributed by atoms with E-state index in [-0.39, 0.29) is 12.5 Å². The summed E-state index contributed by atoms with van der Waals surface area (Å²) in [4.78, 5) is 0. The van der Waals surface area contributed by atoms with Crippen molar-refractivity contribution in [3.05, 3.63) is 12.3 Å². The average Bonchev–Trinajstić information content (AvgIpc) is 2.48. The average molecular weight is 221 g/mol. The van der Waals surface area contributed by atoms with Crippen molar-refractivity contribution in [2.24, 2.45) is 0 Å². The number of halogens is 3. The lowest BCUT2D eigenvalue weighted by Crippen LogP contribution is -2.12. The Morgan fingerprint density at radius 2 is 2.20 bits per heavy atom. The van der Waals surface area contributed by atoms with E-state index in [1.54, 1.807) is 13.0 Å². The number of alkyl halides is 3. The molecule has 15 heavy (non-hydrogen) atoms. The molecule has 0 spiro atoms. The van der Waals surface area contributed by atoms with E-state index >= 15 is 0 Å². The van der Waals surface area contributed by atoms with E-state index in [2.05, 4.69) is 5.10 Å². The van der Waals surface area contributed by atoms with Crippen molar-refractivity contribution in [2.75, 3.05) is 5.73 Å². The highest BCUT2D eigenvalue weighted by molar-refractivity contribution is 5.26. The molecule has 0 radical (unpaired) electrons. The molecule has 0 amide bonds. The highest BCUT2D eigenvalue weighted by Gasteiger charge is 2.26. The maximum absolute atomic E-state index is 11.9. The van der Waals surface area contributed by atoms with E-state index in [0.29, 0.717) is 12.2 Å². The number of nitrogen functional groups attached to an aromatic ring is 1. The van der Waals surface area contributed by atoms with Crippen LogP contribution < -0.4 is 5.73 Å². The molecule has 0 aliphatic carbocycles. The Balaban J connectivity index is 2.37. The molecule has 2 N–H and O–H groups in total. The summed E-state index contributed by atoms with van der Waals surface area (Å²) in [5.74, 6) is 0.481. The Kier molecular flexibility index (Phi) is 3.60. The zero-order chi connectivity index (χ0) is 11.5. The second kappa shape index (κ2) is 4.55. The third kappa shape index (κ3) is 3.81. The van der Waals surface area contributed by atoms with Crippen molar-refractivity contribution in [3.63, 3.8) is 0 Å². The highest BCUT2D eigenvalue weighted by Crippen LogP contribution is 2.25. The van der Waals surface area contributed by atoms with E-state index in [0.717, 1.165) is 0 Å². The number of anilines is 1. The highest BCUT2D eigenvalue weighted by atomic mass is 19.4. The molecule has 1 atom stereocenters. The fourth-order valence-corrected chi connectivity index (χ4v) is 1.41. The van der Waals surface area contributed by atoms with Crippen molar-refractivity contribution in [2.45, 2.75) is 38.4 Å². The lowest BCUT2D eigenvalue weighted by Gasteiger charge is -2.14. The Bertz CT molecular complexity index is 306. The minimum absolute atomic E-state index is 0.0950. The summed E-state index contributed by atoms with van der Waals surface area (Å²) in [6, 6.07) is 1.53. The van der Waals surface area contributed by atoms with Crippen LogP contribution in [0.4, 0.5) is 19.0 Å². The number of nitrogens with zero attached hydrogens (tertiary/aromatic N) is 2. The number of hydrogen-bond donors (Lipinski definition) is 1. The first-order valence-electron chi connectivity index (χ1n) is 4.76. The third-order valence-electron chi connectivity index (χ3n) is 2.20. The Hall–Kier alpha value is -1.20. The molecule has 0 aromatic carbocycles. The third-order valence-corrected chi connectivity index (χ3v) is 2.20. The van der Waals surface area contributed by atoms with Gasteiger partial charge in [0.05, 0.1) is 12.2 Å². The zero-order valence-electron chi connectivity index (χ0n) is 8.46. The predicted molar refractivity (Wildman–Crippen MR) is 51.3 cm³/mol. The van der Waals surface area contributed by atoms with Crippen LogP contribution in [0.1, 0.15) is 32.2 Å². The molecule has 6 heteroatoms.